The van der Waals surface area contributed by atoms with Crippen LogP contribution in [0.2, 0.25) is 0 Å². The van der Waals surface area contributed by atoms with Crippen LogP contribution in [0.3, 0.4) is 0 Å². The molecule has 0 unspecified atom stereocenters. The Bertz CT molecular complexity index is 1230. The van der Waals surface area contributed by atoms with Crippen LogP contribution in [0, 0.1) is 34.0 Å². The average Bonchev–Trinajstić information content (AvgIpc) is 3.18. The molecular formula is C28H27N3OS. The van der Waals surface area contributed by atoms with Gasteiger partial charge in [0.25, 0.3) is 0 Å². The fourth-order valence-corrected chi connectivity index (χ4v) is 5.36. The fourth-order valence-electron chi connectivity index (χ4n) is 4.14. The van der Waals surface area contributed by atoms with E-state index < -0.39 is 0 Å². The number of nitrogens with zero attached hydrogens (tertiary/aromatic N) is 3. The molecule has 0 amide bonds. The van der Waals surface area contributed by atoms with Gasteiger partial charge in [0, 0.05) is 11.1 Å². The smallest absolute Gasteiger partial charge is 0.134 e. The van der Waals surface area contributed by atoms with Crippen LogP contribution in [-0.2, 0) is 19.4 Å². The molecule has 4 nitrogen and oxygen atoms in total. The van der Waals surface area contributed by atoms with Gasteiger partial charge in [-0.05, 0) is 83.7 Å². The minimum absolute atomic E-state index is 0.280. The van der Waals surface area contributed by atoms with Crippen molar-refractivity contribution in [3.8, 4) is 17.9 Å². The first kappa shape index (κ1) is 22.8. The van der Waals surface area contributed by atoms with Crippen molar-refractivity contribution < 1.29 is 4.74 Å². The van der Waals surface area contributed by atoms with Gasteiger partial charge < -0.3 is 4.74 Å². The van der Waals surface area contributed by atoms with Crippen LogP contribution in [0.1, 0.15) is 59.9 Å². The maximum Gasteiger partial charge on any atom is 0.134 e. The molecule has 0 saturated heterocycles. The Labute approximate surface area is 199 Å². The van der Waals surface area contributed by atoms with Gasteiger partial charge in [-0.3, -0.25) is 0 Å². The Hall–Kier alpha value is -3.41. The van der Waals surface area contributed by atoms with E-state index in [4.69, 9.17) is 10.00 Å². The number of aliphatic imine (C=N–C) groups is 1. The molecule has 2 aromatic carbocycles. The third-order valence-electron chi connectivity index (χ3n) is 6.28. The largest absolute Gasteiger partial charge is 0.489 e. The van der Waals surface area contributed by atoms with Crippen LogP contribution in [0.5, 0.6) is 5.75 Å². The molecule has 1 aliphatic rings. The van der Waals surface area contributed by atoms with Crippen LogP contribution in [-0.4, -0.2) is 6.21 Å². The normalized spacial score (nSPS) is 15.6. The van der Waals surface area contributed by atoms with Gasteiger partial charge in [-0.2, -0.15) is 10.5 Å². The van der Waals surface area contributed by atoms with E-state index in [0.717, 1.165) is 46.7 Å². The highest BCUT2D eigenvalue weighted by atomic mass is 32.1. The van der Waals surface area contributed by atoms with E-state index in [-0.39, 0.29) is 5.41 Å². The lowest BCUT2D eigenvalue weighted by atomic mass is 9.72. The van der Waals surface area contributed by atoms with Crippen molar-refractivity contribution >= 4 is 22.6 Å². The summed E-state index contributed by atoms with van der Waals surface area (Å²) in [5.41, 5.74) is 4.86. The summed E-state index contributed by atoms with van der Waals surface area (Å²) in [5.74, 6) is 1.41. The predicted octanol–water partition coefficient (Wildman–Crippen LogP) is 6.97. The summed E-state index contributed by atoms with van der Waals surface area (Å²) < 4.78 is 5.84. The lowest BCUT2D eigenvalue weighted by molar-refractivity contribution is 0.218. The van der Waals surface area contributed by atoms with Crippen molar-refractivity contribution in [1.82, 2.24) is 0 Å². The number of thiophene rings is 1. The van der Waals surface area contributed by atoms with E-state index in [0.29, 0.717) is 18.1 Å². The van der Waals surface area contributed by atoms with Crippen LogP contribution in [0.4, 0.5) is 5.00 Å². The molecule has 0 fully saturated rings. The van der Waals surface area contributed by atoms with Crippen molar-refractivity contribution in [1.29, 1.82) is 10.5 Å². The fraction of sp³-hybridized carbons (Fsp3) is 0.321. The van der Waals surface area contributed by atoms with E-state index in [1.807, 2.05) is 42.6 Å². The highest BCUT2D eigenvalue weighted by Gasteiger charge is 2.32. The molecule has 5 heteroatoms. The van der Waals surface area contributed by atoms with Crippen molar-refractivity contribution in [2.75, 3.05) is 0 Å². The zero-order valence-corrected chi connectivity index (χ0v) is 20.1. The maximum atomic E-state index is 9.76. The van der Waals surface area contributed by atoms with Gasteiger partial charge >= 0.3 is 0 Å². The summed E-state index contributed by atoms with van der Waals surface area (Å²) in [6.45, 7) is 7.36. The molecular weight excluding hydrogens is 426 g/mol. The third kappa shape index (κ3) is 5.33. The standard InChI is InChI=1S/C28H27N3OS/c1-28(2,3)22-10-13-24-25(16-30)27(33-26(24)14-22)31-17-20-8-11-23(12-9-20)32-18-21-6-4-19(15-29)5-7-21/h4-9,11-12,17,22H,10,13-14,18H2,1-3H3/t22-/m0/s1. The molecule has 0 aliphatic heterocycles. The second kappa shape index (κ2) is 9.61. The molecule has 1 atom stereocenters. The number of nitriles is 2. The monoisotopic (exact) mass is 453 g/mol. The summed E-state index contributed by atoms with van der Waals surface area (Å²) in [4.78, 5) is 6.01. The third-order valence-corrected chi connectivity index (χ3v) is 7.45. The molecule has 4 rings (SSSR count). The Morgan fingerprint density at radius 1 is 1.06 bits per heavy atom. The van der Waals surface area contributed by atoms with Crippen LogP contribution in [0.15, 0.2) is 53.5 Å². The molecule has 1 aliphatic carbocycles. The predicted molar refractivity (Wildman–Crippen MR) is 133 cm³/mol. The van der Waals surface area contributed by atoms with Gasteiger partial charge in [-0.25, -0.2) is 4.99 Å². The molecule has 0 N–H and O–H groups in total. The Kier molecular flexibility index (Phi) is 6.63. The second-order valence-corrected chi connectivity index (χ2v) is 10.6. The first-order valence-electron chi connectivity index (χ1n) is 11.2. The van der Waals surface area contributed by atoms with Crippen LogP contribution < -0.4 is 4.74 Å². The lowest BCUT2D eigenvalue weighted by Crippen LogP contribution is -2.26. The topological polar surface area (TPSA) is 69.2 Å². The SMILES string of the molecule is CC(C)(C)[C@H]1CCc2c(sc(N=Cc3ccc(OCc4ccc(C#N)cc4)cc3)c2C#N)C1. The summed E-state index contributed by atoms with van der Waals surface area (Å²) in [5, 5.41) is 19.5. The zero-order valence-electron chi connectivity index (χ0n) is 19.3. The van der Waals surface area contributed by atoms with Gasteiger partial charge in [-0.1, -0.05) is 32.9 Å². The van der Waals surface area contributed by atoms with Gasteiger partial charge in [0.1, 0.15) is 23.4 Å². The number of hydrogen-bond acceptors (Lipinski definition) is 5. The summed E-state index contributed by atoms with van der Waals surface area (Å²) in [7, 11) is 0. The quantitative estimate of drug-likeness (QED) is 0.392. The summed E-state index contributed by atoms with van der Waals surface area (Å²) in [6.07, 6.45) is 4.97. The number of ether oxygens (including phenoxy) is 1. The molecule has 0 saturated carbocycles. The van der Waals surface area contributed by atoms with Gasteiger partial charge in [0.15, 0.2) is 0 Å². The molecule has 3 aromatic rings. The van der Waals surface area contributed by atoms with E-state index >= 15 is 0 Å². The molecule has 166 valence electrons. The van der Waals surface area contributed by atoms with E-state index in [9.17, 15) is 5.26 Å². The zero-order chi connectivity index (χ0) is 23.4. The average molecular weight is 454 g/mol. The van der Waals surface area contributed by atoms with Crippen molar-refractivity contribution in [3.05, 3.63) is 81.2 Å². The maximum absolute atomic E-state index is 9.76. The molecule has 0 radical (unpaired) electrons. The minimum Gasteiger partial charge on any atom is -0.489 e. The van der Waals surface area contributed by atoms with E-state index in [1.54, 1.807) is 23.5 Å². The number of fused-ring (bicyclic) bond motifs is 1. The van der Waals surface area contributed by atoms with Crippen LogP contribution >= 0.6 is 11.3 Å². The molecule has 1 heterocycles. The molecule has 33 heavy (non-hydrogen) atoms. The Morgan fingerprint density at radius 2 is 1.79 bits per heavy atom. The molecule has 0 spiro atoms. The van der Waals surface area contributed by atoms with Gasteiger partial charge in [0.05, 0.1) is 17.2 Å². The van der Waals surface area contributed by atoms with Crippen molar-refractivity contribution in [2.24, 2.45) is 16.3 Å². The highest BCUT2D eigenvalue weighted by Crippen LogP contribution is 2.44. The summed E-state index contributed by atoms with van der Waals surface area (Å²) in [6, 6.07) is 19.7. The number of benzene rings is 2. The summed E-state index contributed by atoms with van der Waals surface area (Å²) >= 11 is 1.67. The number of rotatable bonds is 5. The van der Waals surface area contributed by atoms with Crippen LogP contribution in [0.25, 0.3) is 0 Å². The highest BCUT2D eigenvalue weighted by molar-refractivity contribution is 7.16. The van der Waals surface area contributed by atoms with Crippen molar-refractivity contribution in [3.63, 3.8) is 0 Å². The first-order chi connectivity index (χ1) is 15.9. The van der Waals surface area contributed by atoms with E-state index in [2.05, 4.69) is 37.9 Å². The van der Waals surface area contributed by atoms with Gasteiger partial charge in [0.2, 0.25) is 0 Å². The molecule has 1 aromatic heterocycles. The Balaban J connectivity index is 1.42. The van der Waals surface area contributed by atoms with Gasteiger partial charge in [-0.15, -0.1) is 11.3 Å². The Morgan fingerprint density at radius 3 is 2.42 bits per heavy atom. The van der Waals surface area contributed by atoms with Crippen molar-refractivity contribution in [2.45, 2.75) is 46.6 Å². The molecule has 0 bridgehead atoms. The first-order valence-corrected chi connectivity index (χ1v) is 12.0. The second-order valence-electron chi connectivity index (χ2n) is 9.53. The minimum atomic E-state index is 0.280. The van der Waals surface area contributed by atoms with E-state index in [1.165, 1.54) is 10.4 Å². The lowest BCUT2D eigenvalue weighted by Gasteiger charge is -2.33. The number of hydrogen-bond donors (Lipinski definition) is 0.